The minimum atomic E-state index is -0.413. The number of hydrogen-bond donors (Lipinski definition) is 2. The lowest BCUT2D eigenvalue weighted by atomic mass is 9.83. The summed E-state index contributed by atoms with van der Waals surface area (Å²) in [6.45, 7) is 4.07. The summed E-state index contributed by atoms with van der Waals surface area (Å²) in [5.74, 6) is 7.12. The van der Waals surface area contributed by atoms with E-state index < -0.39 is 5.41 Å². The Morgan fingerprint density at radius 2 is 1.86 bits per heavy atom. The maximum Gasteiger partial charge on any atom is 0.143 e. The van der Waals surface area contributed by atoms with Crippen LogP contribution in [0.3, 0.4) is 0 Å². The monoisotopic (exact) mass is 286 g/mol. The summed E-state index contributed by atoms with van der Waals surface area (Å²) in [5.41, 5.74) is 4.20. The number of halogens is 1. The van der Waals surface area contributed by atoms with Crippen molar-refractivity contribution in [3.8, 4) is 0 Å². The van der Waals surface area contributed by atoms with Crippen LogP contribution in [-0.2, 0) is 5.41 Å². The second-order valence-electron chi connectivity index (χ2n) is 6.05. The standard InChI is InChI=1S/C16H19FN4/c1-16(2,11-5-7-12(17)8-6-11)15-19-13(10-3-4-10)9-14(20-15)21-18/h5-10H,3-4,18H2,1-2H3,(H,19,20,21). The Kier molecular flexibility index (Phi) is 3.37. The zero-order valence-electron chi connectivity index (χ0n) is 12.2. The molecule has 0 atom stereocenters. The highest BCUT2D eigenvalue weighted by molar-refractivity contribution is 5.40. The fourth-order valence-electron chi connectivity index (χ4n) is 2.40. The number of nitrogens with zero attached hydrogens (tertiary/aromatic N) is 2. The number of rotatable bonds is 4. The van der Waals surface area contributed by atoms with Crippen LogP contribution >= 0.6 is 0 Å². The fourth-order valence-corrected chi connectivity index (χ4v) is 2.40. The largest absolute Gasteiger partial charge is 0.308 e. The van der Waals surface area contributed by atoms with Crippen molar-refractivity contribution in [2.24, 2.45) is 5.84 Å². The molecule has 0 radical (unpaired) electrons. The van der Waals surface area contributed by atoms with Crippen molar-refractivity contribution in [2.75, 3.05) is 5.43 Å². The predicted molar refractivity (Wildman–Crippen MR) is 80.3 cm³/mol. The topological polar surface area (TPSA) is 63.8 Å². The number of nitrogen functional groups attached to an aromatic ring is 1. The van der Waals surface area contributed by atoms with Gasteiger partial charge in [-0.15, -0.1) is 0 Å². The van der Waals surface area contributed by atoms with Crippen LogP contribution in [0.4, 0.5) is 10.2 Å². The van der Waals surface area contributed by atoms with Crippen LogP contribution in [0.25, 0.3) is 0 Å². The first-order valence-electron chi connectivity index (χ1n) is 7.13. The maximum absolute atomic E-state index is 13.1. The molecule has 0 saturated heterocycles. The molecule has 5 heteroatoms. The Bertz CT molecular complexity index is 648. The normalized spacial score (nSPS) is 15.0. The van der Waals surface area contributed by atoms with Gasteiger partial charge in [-0.25, -0.2) is 20.2 Å². The van der Waals surface area contributed by atoms with E-state index in [9.17, 15) is 4.39 Å². The maximum atomic E-state index is 13.1. The van der Waals surface area contributed by atoms with Crippen LogP contribution in [0.5, 0.6) is 0 Å². The molecule has 1 aliphatic carbocycles. The molecule has 0 spiro atoms. The molecule has 1 heterocycles. The van der Waals surface area contributed by atoms with Crippen LogP contribution in [0.2, 0.25) is 0 Å². The van der Waals surface area contributed by atoms with Gasteiger partial charge in [0.05, 0.1) is 0 Å². The van der Waals surface area contributed by atoms with E-state index in [0.29, 0.717) is 17.6 Å². The number of hydrazine groups is 1. The van der Waals surface area contributed by atoms with Gasteiger partial charge in [0.15, 0.2) is 0 Å². The van der Waals surface area contributed by atoms with Gasteiger partial charge in [0.25, 0.3) is 0 Å². The molecule has 110 valence electrons. The number of aromatic nitrogens is 2. The number of hydrogen-bond acceptors (Lipinski definition) is 4. The van der Waals surface area contributed by atoms with E-state index in [2.05, 4.69) is 10.4 Å². The average molecular weight is 286 g/mol. The van der Waals surface area contributed by atoms with Crippen LogP contribution < -0.4 is 11.3 Å². The van der Waals surface area contributed by atoms with Crippen molar-refractivity contribution in [1.82, 2.24) is 9.97 Å². The van der Waals surface area contributed by atoms with Gasteiger partial charge in [-0.2, -0.15) is 0 Å². The van der Waals surface area contributed by atoms with Crippen LogP contribution in [0.15, 0.2) is 30.3 Å². The van der Waals surface area contributed by atoms with Gasteiger partial charge in [0.2, 0.25) is 0 Å². The molecule has 3 N–H and O–H groups in total. The van der Waals surface area contributed by atoms with E-state index in [0.717, 1.165) is 24.1 Å². The van der Waals surface area contributed by atoms with Crippen molar-refractivity contribution in [3.63, 3.8) is 0 Å². The summed E-state index contributed by atoms with van der Waals surface area (Å²) in [5, 5.41) is 0. The van der Waals surface area contributed by atoms with Crippen LogP contribution in [0.1, 0.15) is 49.7 Å². The smallest absolute Gasteiger partial charge is 0.143 e. The first-order valence-corrected chi connectivity index (χ1v) is 7.13. The van der Waals surface area contributed by atoms with E-state index in [1.165, 1.54) is 12.1 Å². The van der Waals surface area contributed by atoms with Crippen LogP contribution in [-0.4, -0.2) is 9.97 Å². The number of nitrogens with two attached hydrogens (primary N) is 1. The van der Waals surface area contributed by atoms with Gasteiger partial charge >= 0.3 is 0 Å². The van der Waals surface area contributed by atoms with E-state index in [1.807, 2.05) is 19.9 Å². The predicted octanol–water partition coefficient (Wildman–Crippen LogP) is 3.10. The van der Waals surface area contributed by atoms with Crippen molar-refractivity contribution < 1.29 is 4.39 Å². The van der Waals surface area contributed by atoms with Gasteiger partial charge in [0.1, 0.15) is 17.5 Å². The molecule has 3 rings (SSSR count). The molecule has 0 aliphatic heterocycles. The SMILES string of the molecule is CC(C)(c1ccc(F)cc1)c1nc(NN)cc(C2CC2)n1. The quantitative estimate of drug-likeness (QED) is 0.669. The van der Waals surface area contributed by atoms with Crippen molar-refractivity contribution in [1.29, 1.82) is 0 Å². The number of anilines is 1. The average Bonchev–Trinajstić information content (AvgIpc) is 3.32. The lowest BCUT2D eigenvalue weighted by Gasteiger charge is -2.24. The van der Waals surface area contributed by atoms with Crippen molar-refractivity contribution in [3.05, 3.63) is 53.2 Å². The zero-order valence-corrected chi connectivity index (χ0v) is 12.2. The molecule has 1 saturated carbocycles. The summed E-state index contributed by atoms with van der Waals surface area (Å²) in [7, 11) is 0. The Hall–Kier alpha value is -2.01. The highest BCUT2D eigenvalue weighted by atomic mass is 19.1. The second kappa shape index (κ2) is 5.07. The third-order valence-corrected chi connectivity index (χ3v) is 4.01. The minimum absolute atomic E-state index is 0.244. The lowest BCUT2D eigenvalue weighted by molar-refractivity contribution is 0.579. The number of benzene rings is 1. The zero-order chi connectivity index (χ0) is 15.0. The molecule has 1 aliphatic rings. The summed E-state index contributed by atoms with van der Waals surface area (Å²) in [4.78, 5) is 9.21. The molecule has 2 aromatic rings. The lowest BCUT2D eigenvalue weighted by Crippen LogP contribution is -2.24. The van der Waals surface area contributed by atoms with Gasteiger partial charge in [0, 0.05) is 23.1 Å². The Morgan fingerprint density at radius 3 is 2.43 bits per heavy atom. The highest BCUT2D eigenvalue weighted by Gasteiger charge is 2.31. The molecule has 0 amide bonds. The Labute approximate surface area is 123 Å². The molecule has 0 bridgehead atoms. The van der Waals surface area contributed by atoms with Gasteiger partial charge < -0.3 is 5.43 Å². The van der Waals surface area contributed by atoms with E-state index in [4.69, 9.17) is 10.8 Å². The Morgan fingerprint density at radius 1 is 1.19 bits per heavy atom. The molecule has 1 aromatic heterocycles. The molecule has 0 unspecified atom stereocenters. The Balaban J connectivity index is 2.04. The third-order valence-electron chi connectivity index (χ3n) is 4.01. The molecule has 4 nitrogen and oxygen atoms in total. The van der Waals surface area contributed by atoms with E-state index >= 15 is 0 Å². The second-order valence-corrected chi connectivity index (χ2v) is 6.05. The summed E-state index contributed by atoms with van der Waals surface area (Å²) >= 11 is 0. The van der Waals surface area contributed by atoms with Gasteiger partial charge in [-0.1, -0.05) is 12.1 Å². The third kappa shape index (κ3) is 2.74. The number of nitrogens with one attached hydrogen (secondary N) is 1. The summed E-state index contributed by atoms with van der Waals surface area (Å²) < 4.78 is 13.1. The van der Waals surface area contributed by atoms with Crippen LogP contribution in [0, 0.1) is 5.82 Å². The minimum Gasteiger partial charge on any atom is -0.308 e. The fraction of sp³-hybridized carbons (Fsp3) is 0.375. The molecular weight excluding hydrogens is 267 g/mol. The van der Waals surface area contributed by atoms with Crippen molar-refractivity contribution in [2.45, 2.75) is 38.0 Å². The van der Waals surface area contributed by atoms with Gasteiger partial charge in [-0.05, 0) is 44.4 Å². The molecule has 1 aromatic carbocycles. The first kappa shape index (κ1) is 13.9. The molecular formula is C16H19FN4. The molecule has 21 heavy (non-hydrogen) atoms. The van der Waals surface area contributed by atoms with E-state index in [1.54, 1.807) is 12.1 Å². The van der Waals surface area contributed by atoms with E-state index in [-0.39, 0.29) is 5.82 Å². The van der Waals surface area contributed by atoms with Crippen molar-refractivity contribution >= 4 is 5.82 Å². The summed E-state index contributed by atoms with van der Waals surface area (Å²) in [6, 6.07) is 8.38. The highest BCUT2D eigenvalue weighted by Crippen LogP contribution is 2.40. The summed E-state index contributed by atoms with van der Waals surface area (Å²) in [6.07, 6.45) is 2.33. The van der Waals surface area contributed by atoms with Gasteiger partial charge in [-0.3, -0.25) is 0 Å². The first-order chi connectivity index (χ1) is 10.0. The molecule has 1 fully saturated rings.